The molecule has 0 radical (unpaired) electrons. The van der Waals surface area contributed by atoms with E-state index in [2.05, 4.69) is 11.1 Å². The third kappa shape index (κ3) is 1.70. The van der Waals surface area contributed by atoms with Crippen molar-refractivity contribution in [2.24, 2.45) is 5.73 Å². The maximum atomic E-state index is 5.80. The zero-order valence-corrected chi connectivity index (χ0v) is 9.43. The monoisotopic (exact) mass is 230 g/mol. The molecule has 0 saturated heterocycles. The Morgan fingerprint density at radius 2 is 2.35 bits per heavy atom. The normalized spacial score (nSPS) is 18.5. The van der Waals surface area contributed by atoms with Crippen LogP contribution in [0.25, 0.3) is 11.3 Å². The molecule has 0 aliphatic carbocycles. The number of fused-ring (bicyclic) bond motifs is 1. The summed E-state index contributed by atoms with van der Waals surface area (Å²) in [5, 5.41) is 0. The SMILES string of the molecule is NC[C@H]1CCOc2c(-c3cnco3)cccc21. The number of aromatic nitrogens is 1. The van der Waals surface area contributed by atoms with Gasteiger partial charge in [-0.25, -0.2) is 4.98 Å². The first-order chi connectivity index (χ1) is 8.40. The second kappa shape index (κ2) is 4.22. The zero-order valence-electron chi connectivity index (χ0n) is 9.43. The van der Waals surface area contributed by atoms with E-state index in [1.165, 1.54) is 12.0 Å². The van der Waals surface area contributed by atoms with Crippen LogP contribution in [0, 0.1) is 0 Å². The lowest BCUT2D eigenvalue weighted by atomic mass is 9.91. The number of benzene rings is 1. The molecular formula is C13H14N2O2. The van der Waals surface area contributed by atoms with Crippen molar-refractivity contribution in [1.82, 2.24) is 4.98 Å². The molecule has 1 aliphatic heterocycles. The molecule has 1 atom stereocenters. The van der Waals surface area contributed by atoms with Crippen molar-refractivity contribution in [2.45, 2.75) is 12.3 Å². The zero-order chi connectivity index (χ0) is 11.7. The highest BCUT2D eigenvalue weighted by Crippen LogP contribution is 2.40. The summed E-state index contributed by atoms with van der Waals surface area (Å²) in [6.07, 6.45) is 4.10. The summed E-state index contributed by atoms with van der Waals surface area (Å²) in [6, 6.07) is 6.07. The topological polar surface area (TPSA) is 61.3 Å². The van der Waals surface area contributed by atoms with Crippen LogP contribution in [0.2, 0.25) is 0 Å². The van der Waals surface area contributed by atoms with Crippen LogP contribution in [-0.4, -0.2) is 18.1 Å². The van der Waals surface area contributed by atoms with Gasteiger partial charge in [-0.05, 0) is 24.6 Å². The van der Waals surface area contributed by atoms with Crippen LogP contribution >= 0.6 is 0 Å². The summed E-state index contributed by atoms with van der Waals surface area (Å²) in [5.74, 6) is 2.01. The minimum absolute atomic E-state index is 0.377. The van der Waals surface area contributed by atoms with Gasteiger partial charge in [-0.15, -0.1) is 0 Å². The van der Waals surface area contributed by atoms with Crippen molar-refractivity contribution in [3.05, 3.63) is 36.4 Å². The lowest BCUT2D eigenvalue weighted by molar-refractivity contribution is 0.269. The second-order valence-electron chi connectivity index (χ2n) is 4.16. The van der Waals surface area contributed by atoms with Gasteiger partial charge < -0.3 is 14.9 Å². The molecular weight excluding hydrogens is 216 g/mol. The summed E-state index contributed by atoms with van der Waals surface area (Å²) in [6.45, 7) is 1.36. The molecule has 88 valence electrons. The smallest absolute Gasteiger partial charge is 0.181 e. The van der Waals surface area contributed by atoms with Gasteiger partial charge in [0.05, 0.1) is 18.4 Å². The summed E-state index contributed by atoms with van der Waals surface area (Å²) in [7, 11) is 0. The van der Waals surface area contributed by atoms with Crippen molar-refractivity contribution in [3.63, 3.8) is 0 Å². The van der Waals surface area contributed by atoms with E-state index >= 15 is 0 Å². The van der Waals surface area contributed by atoms with Gasteiger partial charge in [-0.2, -0.15) is 0 Å². The van der Waals surface area contributed by atoms with Gasteiger partial charge in [-0.1, -0.05) is 12.1 Å². The number of rotatable bonds is 2. The Labute approximate surface area is 99.4 Å². The van der Waals surface area contributed by atoms with Crippen molar-refractivity contribution in [1.29, 1.82) is 0 Å². The number of nitrogens with two attached hydrogens (primary N) is 1. The molecule has 0 saturated carbocycles. The van der Waals surface area contributed by atoms with E-state index in [0.717, 1.165) is 23.5 Å². The predicted octanol–water partition coefficient (Wildman–Crippen LogP) is 2.17. The highest BCUT2D eigenvalue weighted by molar-refractivity contribution is 5.68. The molecule has 0 amide bonds. The Morgan fingerprint density at radius 1 is 1.41 bits per heavy atom. The molecule has 0 unspecified atom stereocenters. The van der Waals surface area contributed by atoms with Crippen molar-refractivity contribution < 1.29 is 9.15 Å². The first-order valence-corrected chi connectivity index (χ1v) is 5.75. The maximum absolute atomic E-state index is 5.80. The van der Waals surface area contributed by atoms with Gasteiger partial charge in [-0.3, -0.25) is 0 Å². The molecule has 4 nitrogen and oxygen atoms in total. The van der Waals surface area contributed by atoms with Crippen LogP contribution in [0.5, 0.6) is 5.75 Å². The van der Waals surface area contributed by atoms with E-state index in [4.69, 9.17) is 14.9 Å². The fourth-order valence-electron chi connectivity index (χ4n) is 2.28. The third-order valence-corrected chi connectivity index (χ3v) is 3.18. The fraction of sp³-hybridized carbons (Fsp3) is 0.308. The molecule has 4 heteroatoms. The van der Waals surface area contributed by atoms with E-state index in [9.17, 15) is 0 Å². The standard InChI is InChI=1S/C13H14N2O2/c14-6-9-4-5-16-13-10(9)2-1-3-11(13)12-7-15-8-17-12/h1-3,7-9H,4-6,14H2/t9-/m1/s1. The second-order valence-corrected chi connectivity index (χ2v) is 4.16. The number of oxazole rings is 1. The molecule has 17 heavy (non-hydrogen) atoms. The van der Waals surface area contributed by atoms with Crippen LogP contribution in [0.4, 0.5) is 0 Å². The maximum Gasteiger partial charge on any atom is 0.181 e. The van der Waals surface area contributed by atoms with Gasteiger partial charge in [0, 0.05) is 5.92 Å². The van der Waals surface area contributed by atoms with Gasteiger partial charge in [0.15, 0.2) is 12.2 Å². The molecule has 0 bridgehead atoms. The fourth-order valence-corrected chi connectivity index (χ4v) is 2.28. The van der Waals surface area contributed by atoms with Crippen molar-refractivity contribution >= 4 is 0 Å². The minimum atomic E-state index is 0.377. The Kier molecular flexibility index (Phi) is 2.57. The number of hydrogen-bond donors (Lipinski definition) is 1. The molecule has 1 aromatic heterocycles. The molecule has 3 rings (SSSR count). The number of para-hydroxylation sites is 1. The highest BCUT2D eigenvalue weighted by atomic mass is 16.5. The quantitative estimate of drug-likeness (QED) is 0.858. The number of nitrogens with zero attached hydrogens (tertiary/aromatic N) is 1. The Balaban J connectivity index is 2.12. The molecule has 2 heterocycles. The van der Waals surface area contributed by atoms with E-state index < -0.39 is 0 Å². The van der Waals surface area contributed by atoms with Crippen molar-refractivity contribution in [3.8, 4) is 17.1 Å². The summed E-state index contributed by atoms with van der Waals surface area (Å²) >= 11 is 0. The average molecular weight is 230 g/mol. The molecule has 1 aliphatic rings. The largest absolute Gasteiger partial charge is 0.492 e. The van der Waals surface area contributed by atoms with Gasteiger partial charge in [0.2, 0.25) is 0 Å². The van der Waals surface area contributed by atoms with Gasteiger partial charge in [0.1, 0.15) is 5.75 Å². The third-order valence-electron chi connectivity index (χ3n) is 3.18. The van der Waals surface area contributed by atoms with Crippen LogP contribution in [0.1, 0.15) is 17.9 Å². The molecule has 0 fully saturated rings. The molecule has 2 aromatic rings. The molecule has 1 aromatic carbocycles. The lowest BCUT2D eigenvalue weighted by Gasteiger charge is -2.26. The van der Waals surface area contributed by atoms with Crippen molar-refractivity contribution in [2.75, 3.05) is 13.2 Å². The summed E-state index contributed by atoms with van der Waals surface area (Å²) < 4.78 is 11.1. The van der Waals surface area contributed by atoms with E-state index in [-0.39, 0.29) is 0 Å². The predicted molar refractivity (Wildman–Crippen MR) is 63.8 cm³/mol. The van der Waals surface area contributed by atoms with Crippen LogP contribution in [-0.2, 0) is 0 Å². The van der Waals surface area contributed by atoms with Crippen LogP contribution < -0.4 is 10.5 Å². The number of ether oxygens (including phenoxy) is 1. The Bertz CT molecular complexity index is 508. The highest BCUT2D eigenvalue weighted by Gasteiger charge is 2.23. The van der Waals surface area contributed by atoms with Gasteiger partial charge in [0.25, 0.3) is 0 Å². The Morgan fingerprint density at radius 3 is 3.12 bits per heavy atom. The first-order valence-electron chi connectivity index (χ1n) is 5.75. The summed E-state index contributed by atoms with van der Waals surface area (Å²) in [4.78, 5) is 3.94. The average Bonchev–Trinajstić information content (AvgIpc) is 2.91. The lowest BCUT2D eigenvalue weighted by Crippen LogP contribution is -2.21. The Hall–Kier alpha value is -1.81. The first kappa shape index (κ1) is 10.4. The molecule has 2 N–H and O–H groups in total. The number of hydrogen-bond acceptors (Lipinski definition) is 4. The molecule has 0 spiro atoms. The van der Waals surface area contributed by atoms with E-state index in [1.54, 1.807) is 6.20 Å². The minimum Gasteiger partial charge on any atom is -0.492 e. The van der Waals surface area contributed by atoms with Gasteiger partial charge >= 0.3 is 0 Å². The van der Waals surface area contributed by atoms with Crippen LogP contribution in [0.3, 0.4) is 0 Å². The van der Waals surface area contributed by atoms with Crippen LogP contribution in [0.15, 0.2) is 35.2 Å². The summed E-state index contributed by atoms with van der Waals surface area (Å²) in [5.41, 5.74) is 7.93. The van der Waals surface area contributed by atoms with E-state index in [0.29, 0.717) is 19.1 Å². The van der Waals surface area contributed by atoms with E-state index in [1.807, 2.05) is 12.1 Å².